The predicted molar refractivity (Wildman–Crippen MR) is 63.1 cm³/mol. The fraction of sp³-hybridized carbons (Fsp3) is 0.538. The first kappa shape index (κ1) is 26.8. The molecule has 0 heterocycles. The van der Waals surface area contributed by atoms with Gasteiger partial charge in [-0.15, -0.1) is 0 Å². The normalized spacial score (nSPS) is 15.8. The Kier molecular flexibility index (Phi) is 7.93. The molecule has 1 aromatic carbocycles. The van der Waals surface area contributed by atoms with E-state index in [-0.39, 0.29) is 17.1 Å². The zero-order chi connectivity index (χ0) is 21.6. The molecule has 1 aromatic rings. The van der Waals surface area contributed by atoms with Gasteiger partial charge in [0.05, 0.1) is 22.8 Å². The molecule has 1 radical (unpaired) electrons. The Morgan fingerprint density at radius 3 is 1.29 bits per heavy atom. The van der Waals surface area contributed by atoms with Crippen LogP contribution in [0.25, 0.3) is 0 Å². The standard InChI is InChI=1S/C13H8F12O2.Cu/c14-10(15,16)4-1-5(11(17,18)19)9(6(2-4)12(20,21)22)7(26)3-8(27)13(23,24)25;/h1-2,7-8,26-27H,3H2;. The first-order valence-corrected chi connectivity index (χ1v) is 6.58. The summed E-state index contributed by atoms with van der Waals surface area (Å²) in [4.78, 5) is 0. The van der Waals surface area contributed by atoms with E-state index in [2.05, 4.69) is 0 Å². The van der Waals surface area contributed by atoms with Crippen molar-refractivity contribution in [3.8, 4) is 0 Å². The van der Waals surface area contributed by atoms with Crippen LogP contribution in [0.15, 0.2) is 12.1 Å². The minimum atomic E-state index is -5.87. The Balaban J connectivity index is 0.00000729. The van der Waals surface area contributed by atoms with Crippen LogP contribution in [-0.4, -0.2) is 22.5 Å². The molecule has 2 atom stereocenters. The minimum Gasteiger partial charge on any atom is -0.388 e. The summed E-state index contributed by atoms with van der Waals surface area (Å²) in [6.07, 6.45) is -31.7. The van der Waals surface area contributed by atoms with E-state index in [4.69, 9.17) is 5.11 Å². The summed E-state index contributed by atoms with van der Waals surface area (Å²) in [6, 6.07) is -1.51. The molecule has 0 aromatic heterocycles. The molecule has 0 bridgehead atoms. The van der Waals surface area contributed by atoms with Crippen molar-refractivity contribution < 1.29 is 80.0 Å². The number of hydrogen-bond acceptors (Lipinski definition) is 2. The molecule has 2 unspecified atom stereocenters. The van der Waals surface area contributed by atoms with Crippen molar-refractivity contribution in [1.29, 1.82) is 0 Å². The number of alkyl halides is 12. The van der Waals surface area contributed by atoms with Gasteiger partial charge < -0.3 is 10.2 Å². The second-order valence-corrected chi connectivity index (χ2v) is 5.29. The summed E-state index contributed by atoms with van der Waals surface area (Å²) >= 11 is 0. The van der Waals surface area contributed by atoms with Gasteiger partial charge in [-0.1, -0.05) is 0 Å². The molecule has 0 aliphatic heterocycles. The molecule has 0 aliphatic carbocycles. The van der Waals surface area contributed by atoms with Gasteiger partial charge in [-0.3, -0.25) is 0 Å². The SMILES string of the molecule is OC(CC(O)C(F)(F)F)c1c(C(F)(F)F)cc(C(F)(F)F)cc1C(F)(F)F.[Cu]. The molecular formula is C13H8CuF12O2. The Morgan fingerprint density at radius 1 is 0.679 bits per heavy atom. The van der Waals surface area contributed by atoms with Crippen LogP contribution >= 0.6 is 0 Å². The fourth-order valence-corrected chi connectivity index (χ4v) is 2.11. The van der Waals surface area contributed by atoms with Gasteiger partial charge in [-0.2, -0.15) is 52.7 Å². The summed E-state index contributed by atoms with van der Waals surface area (Å²) in [5, 5.41) is 18.3. The summed E-state index contributed by atoms with van der Waals surface area (Å²) in [5.74, 6) is 0. The molecule has 15 heteroatoms. The average molecular weight is 488 g/mol. The molecule has 0 saturated heterocycles. The number of rotatable bonds is 3. The molecule has 2 N–H and O–H groups in total. The van der Waals surface area contributed by atoms with Gasteiger partial charge in [-0.05, 0) is 12.1 Å². The molecule has 0 aliphatic rings. The maximum Gasteiger partial charge on any atom is 0.416 e. The van der Waals surface area contributed by atoms with Crippen molar-refractivity contribution in [2.75, 3.05) is 0 Å². The zero-order valence-electron chi connectivity index (χ0n) is 12.7. The predicted octanol–water partition coefficient (Wildman–Crippen LogP) is 5.09. The van der Waals surface area contributed by atoms with Gasteiger partial charge in [0, 0.05) is 29.1 Å². The minimum absolute atomic E-state index is 0. The molecule has 0 saturated carbocycles. The van der Waals surface area contributed by atoms with Crippen LogP contribution in [0.2, 0.25) is 0 Å². The topological polar surface area (TPSA) is 40.5 Å². The second kappa shape index (κ2) is 8.28. The van der Waals surface area contributed by atoms with E-state index in [0.29, 0.717) is 0 Å². The second-order valence-electron chi connectivity index (χ2n) is 5.29. The number of halogens is 12. The van der Waals surface area contributed by atoms with Crippen molar-refractivity contribution in [2.45, 2.75) is 43.3 Å². The smallest absolute Gasteiger partial charge is 0.388 e. The van der Waals surface area contributed by atoms with Crippen molar-refractivity contribution in [3.05, 3.63) is 34.4 Å². The number of hydrogen-bond donors (Lipinski definition) is 2. The van der Waals surface area contributed by atoms with Gasteiger partial charge in [0.2, 0.25) is 0 Å². The van der Waals surface area contributed by atoms with Gasteiger partial charge in [0.15, 0.2) is 6.10 Å². The van der Waals surface area contributed by atoms with Gasteiger partial charge in [0.1, 0.15) is 0 Å². The summed E-state index contributed by atoms with van der Waals surface area (Å²) in [7, 11) is 0. The fourth-order valence-electron chi connectivity index (χ4n) is 2.11. The van der Waals surface area contributed by atoms with E-state index in [1.165, 1.54) is 0 Å². The van der Waals surface area contributed by atoms with Crippen molar-refractivity contribution in [2.24, 2.45) is 0 Å². The van der Waals surface area contributed by atoms with Crippen LogP contribution in [0.3, 0.4) is 0 Å². The Bertz CT molecular complexity index is 639. The first-order chi connectivity index (χ1) is 11.8. The monoisotopic (exact) mass is 487 g/mol. The molecule has 0 fully saturated rings. The van der Waals surface area contributed by atoms with Gasteiger partial charge in [0.25, 0.3) is 0 Å². The summed E-state index contributed by atoms with van der Waals surface area (Å²) in [6.45, 7) is 0. The van der Waals surface area contributed by atoms with Crippen molar-refractivity contribution >= 4 is 0 Å². The van der Waals surface area contributed by atoms with Crippen LogP contribution in [0.4, 0.5) is 52.7 Å². The van der Waals surface area contributed by atoms with Crippen LogP contribution in [0, 0.1) is 0 Å². The summed E-state index contributed by atoms with van der Waals surface area (Å²) in [5.41, 5.74) is -9.85. The van der Waals surface area contributed by atoms with Gasteiger partial charge >= 0.3 is 24.7 Å². The van der Waals surface area contributed by atoms with E-state index >= 15 is 0 Å². The van der Waals surface area contributed by atoms with Crippen LogP contribution in [0.1, 0.15) is 34.8 Å². The van der Waals surface area contributed by atoms with Gasteiger partial charge in [-0.25, -0.2) is 0 Å². The third-order valence-electron chi connectivity index (χ3n) is 3.28. The van der Waals surface area contributed by atoms with Crippen LogP contribution in [0.5, 0.6) is 0 Å². The molecule has 0 amide bonds. The number of aliphatic hydroxyl groups is 2. The van der Waals surface area contributed by atoms with E-state index in [9.17, 15) is 57.8 Å². The molecule has 0 spiro atoms. The van der Waals surface area contributed by atoms with Crippen LogP contribution in [-0.2, 0) is 35.6 Å². The van der Waals surface area contributed by atoms with E-state index in [0.717, 1.165) is 0 Å². The van der Waals surface area contributed by atoms with Crippen LogP contribution < -0.4 is 0 Å². The Morgan fingerprint density at radius 2 is 1.04 bits per heavy atom. The van der Waals surface area contributed by atoms with Crippen molar-refractivity contribution in [3.63, 3.8) is 0 Å². The van der Waals surface area contributed by atoms with E-state index in [1.54, 1.807) is 0 Å². The van der Waals surface area contributed by atoms with E-state index < -0.39 is 77.7 Å². The number of benzene rings is 1. The van der Waals surface area contributed by atoms with Crippen molar-refractivity contribution in [1.82, 2.24) is 0 Å². The molecular weight excluding hydrogens is 480 g/mol. The summed E-state index contributed by atoms with van der Waals surface area (Å²) < 4.78 is 153. The zero-order valence-corrected chi connectivity index (χ0v) is 13.7. The number of aliphatic hydroxyl groups excluding tert-OH is 2. The largest absolute Gasteiger partial charge is 0.416 e. The molecule has 2 nitrogen and oxygen atoms in total. The first-order valence-electron chi connectivity index (χ1n) is 6.58. The maximum absolute atomic E-state index is 13.0. The maximum atomic E-state index is 13.0. The Hall–Kier alpha value is -1.18. The average Bonchev–Trinajstić information content (AvgIpc) is 2.41. The molecule has 1 rings (SSSR count). The quantitative estimate of drug-likeness (QED) is 0.461. The Labute approximate surface area is 158 Å². The third-order valence-corrected chi connectivity index (χ3v) is 3.28. The molecule has 167 valence electrons. The third kappa shape index (κ3) is 6.42. The molecule has 28 heavy (non-hydrogen) atoms. The van der Waals surface area contributed by atoms with E-state index in [1.807, 2.05) is 0 Å².